The van der Waals surface area contributed by atoms with Crippen LogP contribution in [0.4, 0.5) is 0 Å². The Morgan fingerprint density at radius 3 is 2.33 bits per heavy atom. The Hall–Kier alpha value is -2.15. The Morgan fingerprint density at radius 1 is 1.12 bits per heavy atom. The molecule has 1 atom stereocenters. The molecule has 1 aromatic carbocycles. The zero-order chi connectivity index (χ0) is 24.1. The lowest BCUT2D eigenvalue weighted by atomic mass is 9.83. The van der Waals surface area contributed by atoms with Gasteiger partial charge in [0.2, 0.25) is 10.0 Å². The average Bonchev–Trinajstić information content (AvgIpc) is 3.10. The van der Waals surface area contributed by atoms with Gasteiger partial charge < -0.3 is 10.1 Å². The van der Waals surface area contributed by atoms with Crippen LogP contribution in [0.2, 0.25) is 5.02 Å². The summed E-state index contributed by atoms with van der Waals surface area (Å²) in [5, 5.41) is 12.3. The van der Waals surface area contributed by atoms with Crippen molar-refractivity contribution in [2.45, 2.75) is 81.2 Å². The number of esters is 1. The van der Waals surface area contributed by atoms with E-state index in [2.05, 4.69) is 11.4 Å². The normalized spacial score (nSPS) is 20.2. The fourth-order valence-corrected chi connectivity index (χ4v) is 6.31. The van der Waals surface area contributed by atoms with Crippen molar-refractivity contribution in [3.63, 3.8) is 0 Å². The maximum absolute atomic E-state index is 13.2. The molecule has 0 aromatic heterocycles. The lowest BCUT2D eigenvalue weighted by Crippen LogP contribution is -2.52. The van der Waals surface area contributed by atoms with Crippen LogP contribution in [-0.2, 0) is 19.6 Å². The van der Waals surface area contributed by atoms with Gasteiger partial charge in [-0.25, -0.2) is 13.2 Å². The first-order valence-electron chi connectivity index (χ1n) is 11.4. The van der Waals surface area contributed by atoms with E-state index in [-0.39, 0.29) is 15.5 Å². The number of nitriles is 1. The fourth-order valence-electron chi connectivity index (χ4n) is 4.29. The van der Waals surface area contributed by atoms with Crippen molar-refractivity contribution < 1.29 is 22.7 Å². The summed E-state index contributed by atoms with van der Waals surface area (Å²) in [6.07, 6.45) is 6.18. The van der Waals surface area contributed by atoms with Crippen LogP contribution in [0.5, 0.6) is 0 Å². The van der Waals surface area contributed by atoms with E-state index in [0.717, 1.165) is 44.9 Å². The first-order valence-corrected chi connectivity index (χ1v) is 13.2. The molecular weight excluding hydrogens is 466 g/mol. The minimum atomic E-state index is -3.87. The zero-order valence-corrected chi connectivity index (χ0v) is 20.4. The van der Waals surface area contributed by atoms with Crippen LogP contribution in [0, 0.1) is 11.3 Å². The van der Waals surface area contributed by atoms with Crippen molar-refractivity contribution in [2.75, 3.05) is 13.1 Å². The Labute approximate surface area is 200 Å². The highest BCUT2D eigenvalue weighted by Crippen LogP contribution is 2.29. The number of nitrogens with one attached hydrogen (secondary N) is 1. The van der Waals surface area contributed by atoms with Crippen LogP contribution < -0.4 is 5.32 Å². The van der Waals surface area contributed by atoms with Crippen LogP contribution in [0.1, 0.15) is 75.1 Å². The largest absolute Gasteiger partial charge is 0.449 e. The SMILES string of the molecule is CC(OC(=O)c1ccc(Cl)c(S(=O)(=O)N2CCCCCC2)c1)C(=O)NC1(C#N)CCCCC1. The minimum absolute atomic E-state index is 0.0138. The molecule has 10 heteroatoms. The van der Waals surface area contributed by atoms with Crippen LogP contribution in [0.3, 0.4) is 0 Å². The Balaban J connectivity index is 1.72. The Kier molecular flexibility index (Phi) is 8.38. The highest BCUT2D eigenvalue weighted by atomic mass is 35.5. The molecule has 33 heavy (non-hydrogen) atoms. The average molecular weight is 496 g/mol. The third-order valence-corrected chi connectivity index (χ3v) is 8.67. The molecule has 1 N–H and O–H groups in total. The third kappa shape index (κ3) is 6.05. The van der Waals surface area contributed by atoms with Gasteiger partial charge in [0.1, 0.15) is 10.4 Å². The van der Waals surface area contributed by atoms with Gasteiger partial charge in [0.15, 0.2) is 6.10 Å². The maximum atomic E-state index is 13.2. The molecule has 1 aromatic rings. The van der Waals surface area contributed by atoms with E-state index in [1.54, 1.807) is 0 Å². The van der Waals surface area contributed by atoms with Crippen molar-refractivity contribution in [3.05, 3.63) is 28.8 Å². The van der Waals surface area contributed by atoms with E-state index in [9.17, 15) is 23.3 Å². The van der Waals surface area contributed by atoms with E-state index in [1.807, 2.05) is 0 Å². The monoisotopic (exact) mass is 495 g/mol. The molecule has 2 aliphatic rings. The van der Waals surface area contributed by atoms with Crippen LogP contribution in [0.15, 0.2) is 23.1 Å². The van der Waals surface area contributed by atoms with Gasteiger partial charge >= 0.3 is 5.97 Å². The number of hydrogen-bond acceptors (Lipinski definition) is 6. The molecule has 180 valence electrons. The summed E-state index contributed by atoms with van der Waals surface area (Å²) in [6.45, 7) is 2.24. The molecule has 0 radical (unpaired) electrons. The van der Waals surface area contributed by atoms with Crippen molar-refractivity contribution in [3.8, 4) is 6.07 Å². The second-order valence-corrected chi connectivity index (χ2v) is 11.1. The molecule has 8 nitrogen and oxygen atoms in total. The van der Waals surface area contributed by atoms with Gasteiger partial charge in [-0.3, -0.25) is 4.79 Å². The van der Waals surface area contributed by atoms with Gasteiger partial charge in [-0.15, -0.1) is 0 Å². The van der Waals surface area contributed by atoms with E-state index in [0.29, 0.717) is 25.9 Å². The molecule has 0 bridgehead atoms. The lowest BCUT2D eigenvalue weighted by Gasteiger charge is -2.32. The molecule has 3 rings (SSSR count). The number of ether oxygens (including phenoxy) is 1. The van der Waals surface area contributed by atoms with E-state index in [1.165, 1.54) is 29.4 Å². The standard InChI is InChI=1S/C23H30ClN3O5S/c1-17(21(28)26-23(16-25)11-5-4-6-12-23)32-22(29)18-9-10-19(24)20(15-18)33(30,31)27-13-7-2-3-8-14-27/h9-10,15,17H,2-8,11-14H2,1H3,(H,26,28). The highest BCUT2D eigenvalue weighted by molar-refractivity contribution is 7.89. The number of amides is 1. The number of rotatable bonds is 6. The molecular formula is C23H30ClN3O5S. The predicted molar refractivity (Wildman–Crippen MR) is 123 cm³/mol. The topological polar surface area (TPSA) is 117 Å². The number of carbonyl (C=O) groups excluding carboxylic acids is 2. The predicted octanol–water partition coefficient (Wildman–Crippen LogP) is 3.79. The molecule has 1 saturated heterocycles. The van der Waals surface area contributed by atoms with Crippen molar-refractivity contribution in [1.82, 2.24) is 9.62 Å². The maximum Gasteiger partial charge on any atom is 0.338 e. The van der Waals surface area contributed by atoms with E-state index in [4.69, 9.17) is 16.3 Å². The summed E-state index contributed by atoms with van der Waals surface area (Å²) in [7, 11) is -3.87. The summed E-state index contributed by atoms with van der Waals surface area (Å²) >= 11 is 6.19. The zero-order valence-electron chi connectivity index (χ0n) is 18.8. The summed E-state index contributed by atoms with van der Waals surface area (Å²) < 4.78 is 33.0. The second-order valence-electron chi connectivity index (χ2n) is 8.75. The van der Waals surface area contributed by atoms with Crippen molar-refractivity contribution in [1.29, 1.82) is 5.26 Å². The van der Waals surface area contributed by atoms with Crippen LogP contribution in [-0.4, -0.2) is 49.3 Å². The van der Waals surface area contributed by atoms with Gasteiger partial charge in [0.05, 0.1) is 16.7 Å². The summed E-state index contributed by atoms with van der Waals surface area (Å²) in [5.74, 6) is -1.39. The first kappa shape index (κ1) is 25.5. The number of nitrogens with zero attached hydrogens (tertiary/aromatic N) is 2. The Bertz CT molecular complexity index is 1020. The molecule has 1 amide bonds. The van der Waals surface area contributed by atoms with Gasteiger partial charge in [-0.2, -0.15) is 9.57 Å². The number of benzene rings is 1. The van der Waals surface area contributed by atoms with Gasteiger partial charge in [0, 0.05) is 13.1 Å². The molecule has 2 fully saturated rings. The number of carbonyl (C=O) groups is 2. The van der Waals surface area contributed by atoms with Crippen LogP contribution in [0.25, 0.3) is 0 Å². The van der Waals surface area contributed by atoms with Crippen LogP contribution >= 0.6 is 11.6 Å². The van der Waals surface area contributed by atoms with Crippen molar-refractivity contribution >= 4 is 33.5 Å². The number of sulfonamides is 1. The van der Waals surface area contributed by atoms with Gasteiger partial charge in [-0.1, -0.05) is 43.7 Å². The molecule has 1 unspecified atom stereocenters. The van der Waals surface area contributed by atoms with E-state index >= 15 is 0 Å². The summed E-state index contributed by atoms with van der Waals surface area (Å²) in [4.78, 5) is 25.2. The van der Waals surface area contributed by atoms with Crippen molar-refractivity contribution in [2.24, 2.45) is 0 Å². The second kappa shape index (κ2) is 10.9. The van der Waals surface area contributed by atoms with Gasteiger partial charge in [0.25, 0.3) is 5.91 Å². The quantitative estimate of drug-likeness (QED) is 0.600. The summed E-state index contributed by atoms with van der Waals surface area (Å²) in [6, 6.07) is 6.11. The smallest absolute Gasteiger partial charge is 0.338 e. The Morgan fingerprint density at radius 2 is 1.73 bits per heavy atom. The number of halogens is 1. The van der Waals surface area contributed by atoms with E-state index < -0.39 is 33.5 Å². The molecule has 0 spiro atoms. The lowest BCUT2D eigenvalue weighted by molar-refractivity contribution is -0.130. The summed E-state index contributed by atoms with van der Waals surface area (Å²) in [5.41, 5.74) is -0.954. The first-order chi connectivity index (χ1) is 15.7. The molecule has 1 aliphatic carbocycles. The number of hydrogen-bond donors (Lipinski definition) is 1. The minimum Gasteiger partial charge on any atom is -0.449 e. The fraction of sp³-hybridized carbons (Fsp3) is 0.609. The molecule has 1 saturated carbocycles. The third-order valence-electron chi connectivity index (χ3n) is 6.29. The van der Waals surface area contributed by atoms with Gasteiger partial charge in [-0.05, 0) is 50.8 Å². The molecule has 1 heterocycles. The highest BCUT2D eigenvalue weighted by Gasteiger charge is 2.36. The molecule has 1 aliphatic heterocycles.